The minimum Gasteiger partial charge on any atom is -0.480 e. The molecule has 2 aliphatic rings. The van der Waals surface area contributed by atoms with Crippen LogP contribution in [0.2, 0.25) is 0 Å². The standard InChI is InChI=1S/C24H27NO6/c1-25(21(23(26)27)15-30-22-12-6-7-13-29-22)24(28)31-14-20-18-10-4-2-8-16(18)17-9-3-5-11-19(17)20/h2-5,8-11,20-22H,6-7,12-15H2,1H3,(H,26,27)/t21-,22?/m1/s1. The number of nitrogens with zero attached hydrogens (tertiary/aromatic N) is 1. The third-order valence-corrected chi connectivity index (χ3v) is 5.95. The van der Waals surface area contributed by atoms with Crippen molar-refractivity contribution in [2.75, 3.05) is 26.9 Å². The summed E-state index contributed by atoms with van der Waals surface area (Å²) >= 11 is 0. The van der Waals surface area contributed by atoms with E-state index in [0.29, 0.717) is 6.61 Å². The molecular formula is C24H27NO6. The number of amides is 1. The molecule has 4 rings (SSSR count). The first-order valence-corrected chi connectivity index (χ1v) is 10.6. The maximum absolute atomic E-state index is 12.7. The predicted molar refractivity (Wildman–Crippen MR) is 114 cm³/mol. The van der Waals surface area contributed by atoms with Crippen molar-refractivity contribution in [3.05, 3.63) is 59.7 Å². The lowest BCUT2D eigenvalue weighted by molar-refractivity contribution is -0.176. The van der Waals surface area contributed by atoms with Crippen LogP contribution in [0.5, 0.6) is 0 Å². The number of ether oxygens (including phenoxy) is 3. The minimum absolute atomic E-state index is 0.0834. The van der Waals surface area contributed by atoms with E-state index >= 15 is 0 Å². The number of benzene rings is 2. The van der Waals surface area contributed by atoms with Crippen molar-refractivity contribution in [1.29, 1.82) is 0 Å². The van der Waals surface area contributed by atoms with Crippen molar-refractivity contribution in [1.82, 2.24) is 4.90 Å². The molecule has 164 valence electrons. The Balaban J connectivity index is 1.39. The summed E-state index contributed by atoms with van der Waals surface area (Å²) in [6.45, 7) is 0.585. The molecule has 2 aromatic rings. The van der Waals surface area contributed by atoms with Crippen LogP contribution in [0, 0.1) is 0 Å². The smallest absolute Gasteiger partial charge is 0.410 e. The minimum atomic E-state index is -1.15. The summed E-state index contributed by atoms with van der Waals surface area (Å²) in [7, 11) is 1.42. The number of aliphatic carboxylic acids is 1. The summed E-state index contributed by atoms with van der Waals surface area (Å²) in [6, 6.07) is 15.0. The molecule has 7 heteroatoms. The summed E-state index contributed by atoms with van der Waals surface area (Å²) in [5, 5.41) is 9.59. The zero-order chi connectivity index (χ0) is 21.8. The first kappa shape index (κ1) is 21.3. The van der Waals surface area contributed by atoms with E-state index in [9.17, 15) is 14.7 Å². The fourth-order valence-electron chi connectivity index (χ4n) is 4.21. The second kappa shape index (κ2) is 9.49. The lowest BCUT2D eigenvalue weighted by Gasteiger charge is -2.28. The van der Waals surface area contributed by atoms with Gasteiger partial charge in [-0.05, 0) is 41.5 Å². The monoisotopic (exact) mass is 425 g/mol. The van der Waals surface area contributed by atoms with Crippen molar-refractivity contribution < 1.29 is 28.9 Å². The van der Waals surface area contributed by atoms with Crippen LogP contribution in [0.25, 0.3) is 11.1 Å². The Morgan fingerprint density at radius 1 is 1.10 bits per heavy atom. The van der Waals surface area contributed by atoms with Crippen molar-refractivity contribution in [3.63, 3.8) is 0 Å². The van der Waals surface area contributed by atoms with Crippen LogP contribution in [0.1, 0.15) is 36.3 Å². The van der Waals surface area contributed by atoms with Crippen molar-refractivity contribution >= 4 is 12.1 Å². The summed E-state index contributed by atoms with van der Waals surface area (Å²) in [4.78, 5) is 25.5. The maximum atomic E-state index is 12.7. The Labute approximate surface area is 181 Å². The molecule has 2 atom stereocenters. The molecule has 1 saturated heterocycles. The van der Waals surface area contributed by atoms with Crippen molar-refractivity contribution in [2.24, 2.45) is 0 Å². The van der Waals surface area contributed by atoms with Gasteiger partial charge in [0.25, 0.3) is 0 Å². The van der Waals surface area contributed by atoms with Gasteiger partial charge in [0.05, 0.1) is 6.61 Å². The molecule has 1 heterocycles. The Morgan fingerprint density at radius 3 is 2.32 bits per heavy atom. The topological polar surface area (TPSA) is 85.3 Å². The first-order chi connectivity index (χ1) is 15.1. The number of fused-ring (bicyclic) bond motifs is 3. The van der Waals surface area contributed by atoms with Crippen LogP contribution >= 0.6 is 0 Å². The van der Waals surface area contributed by atoms with Crippen LogP contribution in [0.3, 0.4) is 0 Å². The van der Waals surface area contributed by atoms with E-state index < -0.39 is 24.4 Å². The van der Waals surface area contributed by atoms with Crippen LogP contribution in [-0.4, -0.2) is 61.3 Å². The lowest BCUT2D eigenvalue weighted by atomic mass is 9.98. The maximum Gasteiger partial charge on any atom is 0.410 e. The zero-order valence-corrected chi connectivity index (χ0v) is 17.5. The molecule has 1 aliphatic carbocycles. The second-order valence-corrected chi connectivity index (χ2v) is 7.90. The van der Waals surface area contributed by atoms with Gasteiger partial charge in [0, 0.05) is 19.6 Å². The van der Waals surface area contributed by atoms with E-state index in [-0.39, 0.29) is 19.1 Å². The number of hydrogen-bond donors (Lipinski definition) is 1. The molecule has 1 unspecified atom stereocenters. The van der Waals surface area contributed by atoms with Gasteiger partial charge in [0.2, 0.25) is 0 Å². The summed E-state index contributed by atoms with van der Waals surface area (Å²) in [5.74, 6) is -1.23. The Hall–Kier alpha value is -2.90. The van der Waals surface area contributed by atoms with Gasteiger partial charge in [-0.3, -0.25) is 4.90 Å². The highest BCUT2D eigenvalue weighted by atomic mass is 16.7. The fourth-order valence-corrected chi connectivity index (χ4v) is 4.21. The highest BCUT2D eigenvalue weighted by Gasteiger charge is 2.32. The summed E-state index contributed by atoms with van der Waals surface area (Å²) in [6.07, 6.45) is 1.56. The van der Waals surface area contributed by atoms with E-state index in [1.165, 1.54) is 7.05 Å². The quantitative estimate of drug-likeness (QED) is 0.725. The van der Waals surface area contributed by atoms with E-state index in [1.807, 2.05) is 36.4 Å². The third kappa shape index (κ3) is 4.57. The van der Waals surface area contributed by atoms with Gasteiger partial charge in [0.15, 0.2) is 12.3 Å². The van der Waals surface area contributed by atoms with E-state index in [0.717, 1.165) is 46.4 Å². The summed E-state index contributed by atoms with van der Waals surface area (Å²) in [5.41, 5.74) is 4.48. The van der Waals surface area contributed by atoms with Gasteiger partial charge in [-0.25, -0.2) is 9.59 Å². The molecule has 1 amide bonds. The molecular weight excluding hydrogens is 398 g/mol. The average molecular weight is 425 g/mol. The molecule has 0 spiro atoms. The number of carbonyl (C=O) groups excluding carboxylic acids is 1. The molecule has 0 radical (unpaired) electrons. The number of hydrogen-bond acceptors (Lipinski definition) is 5. The Morgan fingerprint density at radius 2 is 1.74 bits per heavy atom. The third-order valence-electron chi connectivity index (χ3n) is 5.95. The molecule has 7 nitrogen and oxygen atoms in total. The van der Waals surface area contributed by atoms with E-state index in [2.05, 4.69) is 12.1 Å². The second-order valence-electron chi connectivity index (χ2n) is 7.90. The van der Waals surface area contributed by atoms with Crippen LogP contribution in [0.4, 0.5) is 4.79 Å². The van der Waals surface area contributed by atoms with Gasteiger partial charge in [0.1, 0.15) is 6.61 Å². The molecule has 0 bridgehead atoms. The molecule has 0 saturated carbocycles. The van der Waals surface area contributed by atoms with Gasteiger partial charge in [-0.2, -0.15) is 0 Å². The molecule has 1 N–H and O–H groups in total. The molecule has 31 heavy (non-hydrogen) atoms. The highest BCUT2D eigenvalue weighted by molar-refractivity contribution is 5.81. The highest BCUT2D eigenvalue weighted by Crippen LogP contribution is 2.44. The molecule has 1 fully saturated rings. The van der Waals surface area contributed by atoms with Gasteiger partial charge < -0.3 is 19.3 Å². The molecule has 2 aromatic carbocycles. The van der Waals surface area contributed by atoms with Crippen LogP contribution in [0.15, 0.2) is 48.5 Å². The predicted octanol–water partition coefficient (Wildman–Crippen LogP) is 3.86. The summed E-state index contributed by atoms with van der Waals surface area (Å²) < 4.78 is 16.6. The van der Waals surface area contributed by atoms with E-state index in [1.54, 1.807) is 0 Å². The molecule has 1 aliphatic heterocycles. The van der Waals surface area contributed by atoms with Crippen molar-refractivity contribution in [3.8, 4) is 11.1 Å². The van der Waals surface area contributed by atoms with Gasteiger partial charge in [-0.1, -0.05) is 48.5 Å². The first-order valence-electron chi connectivity index (χ1n) is 10.6. The number of rotatable bonds is 7. The SMILES string of the molecule is CN(C(=O)OCC1c2ccccc2-c2ccccc21)[C@H](COC1CCCCO1)C(=O)O. The van der Waals surface area contributed by atoms with Crippen LogP contribution < -0.4 is 0 Å². The Kier molecular flexibility index (Phi) is 6.53. The fraction of sp³-hybridized carbons (Fsp3) is 0.417. The number of carboxylic acid groups (broad SMARTS) is 1. The normalized spacial score (nSPS) is 18.7. The lowest BCUT2D eigenvalue weighted by Crippen LogP contribution is -2.46. The number of carbonyl (C=O) groups is 2. The Bertz CT molecular complexity index is 894. The van der Waals surface area contributed by atoms with Gasteiger partial charge in [-0.15, -0.1) is 0 Å². The van der Waals surface area contributed by atoms with Crippen LogP contribution in [-0.2, 0) is 19.0 Å². The number of carboxylic acids is 1. The van der Waals surface area contributed by atoms with E-state index in [4.69, 9.17) is 14.2 Å². The van der Waals surface area contributed by atoms with Gasteiger partial charge >= 0.3 is 12.1 Å². The largest absolute Gasteiger partial charge is 0.480 e. The number of likely N-dealkylation sites (N-methyl/N-ethyl adjacent to an activating group) is 1. The van der Waals surface area contributed by atoms with Crippen molar-refractivity contribution in [2.45, 2.75) is 37.5 Å². The average Bonchev–Trinajstić information content (AvgIpc) is 3.11. The zero-order valence-electron chi connectivity index (χ0n) is 17.5. The molecule has 0 aromatic heterocycles.